The lowest BCUT2D eigenvalue weighted by Gasteiger charge is -2.27. The maximum atomic E-state index is 13.0. The topological polar surface area (TPSA) is 80.2 Å². The van der Waals surface area contributed by atoms with Gasteiger partial charge in [-0.05, 0) is 56.7 Å². The molecule has 0 spiro atoms. The molecule has 162 valence electrons. The molecule has 2 aliphatic rings. The Hall–Kier alpha value is -1.64. The molecule has 1 amide bonds. The first-order chi connectivity index (χ1) is 13.9. The number of sulfonamides is 1. The van der Waals surface area contributed by atoms with Crippen LogP contribution in [0.2, 0.25) is 0 Å². The maximum absolute atomic E-state index is 13.0. The van der Waals surface area contributed by atoms with Crippen molar-refractivity contribution < 1.29 is 22.8 Å². The Morgan fingerprint density at radius 2 is 1.90 bits per heavy atom. The van der Waals surface area contributed by atoms with Crippen LogP contribution < -0.4 is 15.0 Å². The highest BCUT2D eigenvalue weighted by molar-refractivity contribution is 7.89. The second kappa shape index (κ2) is 9.91. The first-order valence-electron chi connectivity index (χ1n) is 10.8. The van der Waals surface area contributed by atoms with E-state index in [0.717, 1.165) is 51.1 Å². The zero-order chi connectivity index (χ0) is 20.9. The number of piperidine rings is 2. The van der Waals surface area contributed by atoms with Gasteiger partial charge in [-0.15, -0.1) is 0 Å². The summed E-state index contributed by atoms with van der Waals surface area (Å²) >= 11 is 0. The van der Waals surface area contributed by atoms with E-state index in [4.69, 9.17) is 4.74 Å². The number of carbonyl (C=O) groups is 1. The van der Waals surface area contributed by atoms with Crippen LogP contribution in [0.5, 0.6) is 5.75 Å². The van der Waals surface area contributed by atoms with Crippen LogP contribution in [-0.4, -0.2) is 58.0 Å². The Labute approximate surface area is 174 Å². The summed E-state index contributed by atoms with van der Waals surface area (Å²) in [7, 11) is -3.56. The van der Waals surface area contributed by atoms with Crippen LogP contribution in [0.4, 0.5) is 5.69 Å². The van der Waals surface area contributed by atoms with Crippen molar-refractivity contribution in [3.8, 4) is 5.75 Å². The molecule has 2 saturated heterocycles. The summed E-state index contributed by atoms with van der Waals surface area (Å²) in [4.78, 5) is 14.1. The van der Waals surface area contributed by atoms with E-state index in [9.17, 15) is 13.2 Å². The molecule has 2 N–H and O–H groups in total. The standard InChI is InChI=1S/C21H33N3O4S/c1-3-28-20-8-7-18(29(26,27)24-11-5-4-6-12-24)15-19(20)22-21(25)16-23-13-9-17(2)10-14-23/h7-8,15,17H,3-6,9-14,16H2,1-2H3,(H,22,25)/p+1. The Morgan fingerprint density at radius 1 is 1.21 bits per heavy atom. The van der Waals surface area contributed by atoms with Crippen LogP contribution in [0.25, 0.3) is 0 Å². The third-order valence-electron chi connectivity index (χ3n) is 5.87. The summed E-state index contributed by atoms with van der Waals surface area (Å²) < 4.78 is 33.2. The lowest BCUT2D eigenvalue weighted by molar-refractivity contribution is -0.897. The molecule has 0 aromatic heterocycles. The van der Waals surface area contributed by atoms with Crippen molar-refractivity contribution in [2.75, 3.05) is 44.6 Å². The maximum Gasteiger partial charge on any atom is 0.279 e. The Kier molecular flexibility index (Phi) is 7.54. The number of ether oxygens (including phenoxy) is 1. The monoisotopic (exact) mass is 424 g/mol. The molecule has 2 fully saturated rings. The summed E-state index contributed by atoms with van der Waals surface area (Å²) in [5, 5.41) is 2.90. The molecule has 2 aliphatic heterocycles. The third-order valence-corrected chi connectivity index (χ3v) is 7.76. The summed E-state index contributed by atoms with van der Waals surface area (Å²) in [6.07, 6.45) is 5.11. The number of amides is 1. The molecule has 0 radical (unpaired) electrons. The predicted molar refractivity (Wildman–Crippen MR) is 113 cm³/mol. The van der Waals surface area contributed by atoms with Crippen LogP contribution in [0.1, 0.15) is 46.0 Å². The second-order valence-electron chi connectivity index (χ2n) is 8.21. The van der Waals surface area contributed by atoms with Gasteiger partial charge in [0, 0.05) is 13.1 Å². The van der Waals surface area contributed by atoms with Crippen LogP contribution >= 0.6 is 0 Å². The van der Waals surface area contributed by atoms with Gasteiger partial charge in [0.15, 0.2) is 6.54 Å². The van der Waals surface area contributed by atoms with Gasteiger partial charge in [0.05, 0.1) is 30.3 Å². The molecule has 29 heavy (non-hydrogen) atoms. The first kappa shape index (κ1) is 22.1. The van der Waals surface area contributed by atoms with E-state index >= 15 is 0 Å². The molecule has 7 nitrogen and oxygen atoms in total. The quantitative estimate of drug-likeness (QED) is 0.695. The molecular formula is C21H34N3O4S+. The minimum atomic E-state index is -3.56. The molecule has 0 aliphatic carbocycles. The van der Waals surface area contributed by atoms with Crippen LogP contribution in [0, 0.1) is 5.92 Å². The van der Waals surface area contributed by atoms with Crippen molar-refractivity contribution in [2.45, 2.75) is 50.8 Å². The average molecular weight is 425 g/mol. The summed E-state index contributed by atoms with van der Waals surface area (Å²) in [5.74, 6) is 1.12. The molecule has 1 aromatic carbocycles. The Morgan fingerprint density at radius 3 is 2.55 bits per heavy atom. The summed E-state index contributed by atoms with van der Waals surface area (Å²) in [5.41, 5.74) is 0.430. The molecule has 0 atom stereocenters. The van der Waals surface area contributed by atoms with E-state index < -0.39 is 10.0 Å². The van der Waals surface area contributed by atoms with Gasteiger partial charge in [0.25, 0.3) is 5.91 Å². The minimum Gasteiger partial charge on any atom is -0.492 e. The zero-order valence-corrected chi connectivity index (χ0v) is 18.4. The van der Waals surface area contributed by atoms with E-state index in [-0.39, 0.29) is 10.8 Å². The van der Waals surface area contributed by atoms with Crippen molar-refractivity contribution in [3.05, 3.63) is 18.2 Å². The number of carbonyl (C=O) groups excluding carboxylic acids is 1. The van der Waals surface area contributed by atoms with Crippen molar-refractivity contribution in [3.63, 3.8) is 0 Å². The first-order valence-corrected chi connectivity index (χ1v) is 12.2. The minimum absolute atomic E-state index is 0.108. The van der Waals surface area contributed by atoms with E-state index in [2.05, 4.69) is 12.2 Å². The number of benzene rings is 1. The van der Waals surface area contributed by atoms with Crippen LogP contribution in [-0.2, 0) is 14.8 Å². The third kappa shape index (κ3) is 5.71. The highest BCUT2D eigenvalue weighted by Crippen LogP contribution is 2.30. The van der Waals surface area contributed by atoms with E-state index in [0.29, 0.717) is 37.7 Å². The highest BCUT2D eigenvalue weighted by atomic mass is 32.2. The van der Waals surface area contributed by atoms with E-state index in [1.165, 1.54) is 9.21 Å². The zero-order valence-electron chi connectivity index (χ0n) is 17.6. The van der Waals surface area contributed by atoms with Crippen LogP contribution in [0.3, 0.4) is 0 Å². The molecule has 3 rings (SSSR count). The van der Waals surface area contributed by atoms with Crippen molar-refractivity contribution >= 4 is 21.6 Å². The van der Waals surface area contributed by atoms with Gasteiger partial charge in [-0.25, -0.2) is 8.42 Å². The fourth-order valence-corrected chi connectivity index (χ4v) is 5.62. The molecule has 8 heteroatoms. The lowest BCUT2D eigenvalue weighted by Crippen LogP contribution is -3.14. The molecule has 0 unspecified atom stereocenters. The Bertz CT molecular complexity index is 798. The molecular weight excluding hydrogens is 390 g/mol. The van der Waals surface area contributed by atoms with Gasteiger partial charge in [-0.1, -0.05) is 13.3 Å². The normalized spacial score (nSPS) is 23.5. The number of hydrogen-bond donors (Lipinski definition) is 2. The fraction of sp³-hybridized carbons (Fsp3) is 0.667. The lowest BCUT2D eigenvalue weighted by atomic mass is 9.99. The van der Waals surface area contributed by atoms with E-state index in [1.807, 2.05) is 6.92 Å². The molecule has 0 bridgehead atoms. The van der Waals surface area contributed by atoms with Crippen LogP contribution in [0.15, 0.2) is 23.1 Å². The molecule has 0 saturated carbocycles. The van der Waals surface area contributed by atoms with Gasteiger partial charge in [-0.3, -0.25) is 4.79 Å². The number of nitrogens with one attached hydrogen (secondary N) is 2. The largest absolute Gasteiger partial charge is 0.492 e. The number of nitrogens with zero attached hydrogens (tertiary/aromatic N) is 1. The number of rotatable bonds is 7. The van der Waals surface area contributed by atoms with Gasteiger partial charge >= 0.3 is 0 Å². The fourth-order valence-electron chi connectivity index (χ4n) is 4.07. The number of quaternary nitrogens is 1. The SMILES string of the molecule is CCOc1ccc(S(=O)(=O)N2CCCCC2)cc1NC(=O)C[NH+]1CCC(C)CC1. The number of likely N-dealkylation sites (tertiary alicyclic amines) is 1. The summed E-state index contributed by atoms with van der Waals surface area (Å²) in [6.45, 7) is 8.04. The highest BCUT2D eigenvalue weighted by Gasteiger charge is 2.27. The van der Waals surface area contributed by atoms with Crippen molar-refractivity contribution in [1.82, 2.24) is 4.31 Å². The number of anilines is 1. The van der Waals surface area contributed by atoms with Gasteiger partial charge in [0.2, 0.25) is 10.0 Å². The number of hydrogen-bond acceptors (Lipinski definition) is 4. The van der Waals surface area contributed by atoms with Gasteiger partial charge in [0.1, 0.15) is 5.75 Å². The van der Waals surface area contributed by atoms with Crippen molar-refractivity contribution in [2.24, 2.45) is 5.92 Å². The molecule has 1 aromatic rings. The van der Waals surface area contributed by atoms with E-state index in [1.54, 1.807) is 18.2 Å². The second-order valence-corrected chi connectivity index (χ2v) is 10.2. The Balaban J connectivity index is 1.75. The smallest absolute Gasteiger partial charge is 0.279 e. The van der Waals surface area contributed by atoms with Crippen molar-refractivity contribution in [1.29, 1.82) is 0 Å². The predicted octanol–water partition coefficient (Wildman–Crippen LogP) is 1.51. The summed E-state index contributed by atoms with van der Waals surface area (Å²) in [6, 6.07) is 4.76. The van der Waals surface area contributed by atoms with Gasteiger partial charge in [-0.2, -0.15) is 4.31 Å². The molecule has 2 heterocycles. The average Bonchev–Trinajstić information content (AvgIpc) is 2.72. The van der Waals surface area contributed by atoms with Gasteiger partial charge < -0.3 is 15.0 Å².